The van der Waals surface area contributed by atoms with Crippen LogP contribution >= 0.6 is 6.64 Å². The van der Waals surface area contributed by atoms with Gasteiger partial charge in [-0.05, 0) is 33.7 Å². The van der Waals surface area contributed by atoms with E-state index in [1.807, 2.05) is 12.1 Å². The van der Waals surface area contributed by atoms with Gasteiger partial charge < -0.3 is 13.8 Å². The molecule has 4 aromatic carbocycles. The molecule has 0 saturated carbocycles. The summed E-state index contributed by atoms with van der Waals surface area (Å²) in [5.41, 5.74) is 2.11. The van der Waals surface area contributed by atoms with Crippen molar-refractivity contribution < 1.29 is 13.8 Å². The first-order valence-electron chi connectivity index (χ1n) is 10.1. The minimum atomic E-state index is -2.77. The lowest BCUT2D eigenvalue weighted by atomic mass is 9.92. The van der Waals surface area contributed by atoms with Crippen molar-refractivity contribution in [3.05, 3.63) is 72.8 Å². The summed E-state index contributed by atoms with van der Waals surface area (Å²) in [5.74, 6) is 1.58. The lowest BCUT2D eigenvalue weighted by Gasteiger charge is -2.35. The number of hydrogen-bond donors (Lipinski definition) is 0. The smallest absolute Gasteiger partial charge is 0.368 e. The molecule has 2 aliphatic heterocycles. The molecule has 0 spiro atoms. The SMILES string of the molecule is S=P1(N2CCOCC2)Oc2ccc3ccccc3c2-c2c(ccc3ccccc23)O1. The Morgan fingerprint density at radius 1 is 0.667 bits per heavy atom. The largest absolute Gasteiger partial charge is 0.424 e. The highest BCUT2D eigenvalue weighted by atomic mass is 32.5. The summed E-state index contributed by atoms with van der Waals surface area (Å²) in [7, 11) is 0. The molecule has 0 aliphatic carbocycles. The molecule has 0 N–H and O–H groups in total. The van der Waals surface area contributed by atoms with E-state index in [4.69, 9.17) is 25.6 Å². The molecule has 1 saturated heterocycles. The molecular formula is C24H20NO3PS. The average molecular weight is 433 g/mol. The first kappa shape index (κ1) is 18.3. The number of benzene rings is 4. The van der Waals surface area contributed by atoms with Gasteiger partial charge in [0.05, 0.1) is 13.2 Å². The Labute approximate surface area is 180 Å². The molecule has 0 radical (unpaired) electrons. The van der Waals surface area contributed by atoms with Gasteiger partial charge in [0.15, 0.2) is 0 Å². The van der Waals surface area contributed by atoms with Crippen LogP contribution in [0.2, 0.25) is 0 Å². The Kier molecular flexibility index (Phi) is 4.32. The van der Waals surface area contributed by atoms with Crippen LogP contribution in [0.25, 0.3) is 32.7 Å². The lowest BCUT2D eigenvalue weighted by Crippen LogP contribution is -2.36. The predicted octanol–water partition coefficient (Wildman–Crippen LogP) is 5.99. The zero-order valence-corrected chi connectivity index (χ0v) is 18.0. The van der Waals surface area contributed by atoms with Crippen LogP contribution in [0.4, 0.5) is 0 Å². The number of rotatable bonds is 1. The second kappa shape index (κ2) is 7.07. The van der Waals surface area contributed by atoms with Crippen molar-refractivity contribution in [2.45, 2.75) is 0 Å². The van der Waals surface area contributed by atoms with Crippen LogP contribution in [0.5, 0.6) is 11.5 Å². The monoisotopic (exact) mass is 433 g/mol. The predicted molar refractivity (Wildman–Crippen MR) is 125 cm³/mol. The molecule has 6 rings (SSSR count). The van der Waals surface area contributed by atoms with Crippen molar-refractivity contribution in [2.75, 3.05) is 26.3 Å². The lowest BCUT2D eigenvalue weighted by molar-refractivity contribution is 0.0682. The van der Waals surface area contributed by atoms with E-state index in [2.05, 4.69) is 65.3 Å². The Morgan fingerprint density at radius 2 is 1.17 bits per heavy atom. The van der Waals surface area contributed by atoms with E-state index < -0.39 is 6.64 Å². The standard InChI is InChI=1S/C24H20NO3PS/c30-29(25-13-15-26-16-14-25)27-21-11-9-17-5-1-3-7-19(17)23(21)24-20-8-4-2-6-18(20)10-12-22(24)28-29/h1-12H,13-16H2. The zero-order valence-electron chi connectivity index (χ0n) is 16.3. The van der Waals surface area contributed by atoms with E-state index in [1.54, 1.807) is 0 Å². The van der Waals surface area contributed by atoms with Crippen molar-refractivity contribution in [1.29, 1.82) is 0 Å². The fraction of sp³-hybridized carbons (Fsp3) is 0.167. The Balaban J connectivity index is 1.69. The molecule has 6 heteroatoms. The summed E-state index contributed by atoms with van der Waals surface area (Å²) in [6.07, 6.45) is 0. The molecule has 1 fully saturated rings. The summed E-state index contributed by atoms with van der Waals surface area (Å²) >= 11 is 6.09. The molecule has 2 aliphatic rings. The van der Waals surface area contributed by atoms with Crippen LogP contribution in [0.1, 0.15) is 0 Å². The van der Waals surface area contributed by atoms with E-state index in [-0.39, 0.29) is 0 Å². The number of morpholine rings is 1. The zero-order chi connectivity index (χ0) is 20.1. The summed E-state index contributed by atoms with van der Waals surface area (Å²) < 4.78 is 20.9. The normalized spacial score (nSPS) is 18.1. The third-order valence-electron chi connectivity index (χ3n) is 5.79. The van der Waals surface area contributed by atoms with E-state index in [0.29, 0.717) is 26.3 Å². The molecule has 2 heterocycles. The summed E-state index contributed by atoms with van der Waals surface area (Å²) in [6.45, 7) is -0.0651. The van der Waals surface area contributed by atoms with Crippen LogP contribution in [0.15, 0.2) is 72.8 Å². The van der Waals surface area contributed by atoms with E-state index in [9.17, 15) is 0 Å². The van der Waals surface area contributed by atoms with Crippen LogP contribution < -0.4 is 9.05 Å². The van der Waals surface area contributed by atoms with Crippen molar-refractivity contribution in [3.8, 4) is 22.6 Å². The highest BCUT2D eigenvalue weighted by molar-refractivity contribution is 8.09. The van der Waals surface area contributed by atoms with E-state index in [1.165, 1.54) is 10.8 Å². The summed E-state index contributed by atoms with van der Waals surface area (Å²) in [4.78, 5) is 0. The fourth-order valence-corrected chi connectivity index (χ4v) is 7.05. The molecule has 150 valence electrons. The minimum absolute atomic E-state index is 0.639. The highest BCUT2D eigenvalue weighted by Gasteiger charge is 2.37. The Hall–Kier alpha value is -2.43. The molecule has 0 unspecified atom stereocenters. The first-order chi connectivity index (χ1) is 14.7. The van der Waals surface area contributed by atoms with Gasteiger partial charge in [0.2, 0.25) is 0 Å². The molecule has 0 aromatic heterocycles. The Morgan fingerprint density at radius 3 is 1.70 bits per heavy atom. The van der Waals surface area contributed by atoms with Gasteiger partial charge in [-0.1, -0.05) is 60.7 Å². The van der Waals surface area contributed by atoms with Crippen LogP contribution in [0, 0.1) is 0 Å². The third-order valence-corrected chi connectivity index (χ3v) is 8.88. The molecular weight excluding hydrogens is 413 g/mol. The maximum atomic E-state index is 6.60. The second-order valence-corrected chi connectivity index (χ2v) is 10.8. The number of hydrogen-bond acceptors (Lipinski definition) is 4. The van der Waals surface area contributed by atoms with Crippen LogP contribution in [-0.2, 0) is 16.5 Å². The molecule has 30 heavy (non-hydrogen) atoms. The number of nitrogens with zero attached hydrogens (tertiary/aromatic N) is 1. The molecule has 4 nitrogen and oxygen atoms in total. The first-order valence-corrected chi connectivity index (χ1v) is 12.7. The summed E-state index contributed by atoms with van der Waals surface area (Å²) in [6, 6.07) is 25.1. The van der Waals surface area contributed by atoms with Crippen LogP contribution in [0.3, 0.4) is 0 Å². The Bertz CT molecular complexity index is 1240. The topological polar surface area (TPSA) is 30.9 Å². The minimum Gasteiger partial charge on any atom is -0.424 e. The van der Waals surface area contributed by atoms with Gasteiger partial charge in [0.25, 0.3) is 0 Å². The van der Waals surface area contributed by atoms with Gasteiger partial charge in [-0.3, -0.25) is 0 Å². The second-order valence-electron chi connectivity index (χ2n) is 7.54. The maximum Gasteiger partial charge on any atom is 0.368 e. The van der Waals surface area contributed by atoms with Crippen molar-refractivity contribution >= 4 is 40.0 Å². The molecule has 0 amide bonds. The van der Waals surface area contributed by atoms with Crippen molar-refractivity contribution in [3.63, 3.8) is 0 Å². The van der Waals surface area contributed by atoms with E-state index in [0.717, 1.165) is 33.4 Å². The fourth-order valence-electron chi connectivity index (χ4n) is 4.35. The number of fused-ring (bicyclic) bond motifs is 7. The van der Waals surface area contributed by atoms with Gasteiger partial charge in [-0.25, -0.2) is 4.67 Å². The van der Waals surface area contributed by atoms with Gasteiger partial charge >= 0.3 is 6.64 Å². The van der Waals surface area contributed by atoms with E-state index >= 15 is 0 Å². The third kappa shape index (κ3) is 2.85. The van der Waals surface area contributed by atoms with Crippen molar-refractivity contribution in [1.82, 2.24) is 4.67 Å². The van der Waals surface area contributed by atoms with Crippen molar-refractivity contribution in [2.24, 2.45) is 0 Å². The summed E-state index contributed by atoms with van der Waals surface area (Å²) in [5, 5.41) is 4.61. The highest BCUT2D eigenvalue weighted by Crippen LogP contribution is 2.60. The van der Waals surface area contributed by atoms with Gasteiger partial charge in [0.1, 0.15) is 11.5 Å². The average Bonchev–Trinajstić information content (AvgIpc) is 2.94. The molecule has 4 aromatic rings. The molecule has 0 atom stereocenters. The van der Waals surface area contributed by atoms with Crippen LogP contribution in [-0.4, -0.2) is 31.0 Å². The quantitative estimate of drug-likeness (QED) is 0.344. The van der Waals surface area contributed by atoms with Gasteiger partial charge in [-0.2, -0.15) is 0 Å². The maximum absolute atomic E-state index is 6.60. The van der Waals surface area contributed by atoms with Gasteiger partial charge in [0, 0.05) is 36.0 Å². The molecule has 0 bridgehead atoms. The van der Waals surface area contributed by atoms with Gasteiger partial charge in [-0.15, -0.1) is 0 Å². The number of ether oxygens (including phenoxy) is 1.